The zero-order valence-electron chi connectivity index (χ0n) is 9.94. The minimum absolute atomic E-state index is 0.271. The molecular weight excluding hydrogens is 196 g/mol. The van der Waals surface area contributed by atoms with Crippen LogP contribution in [0.5, 0.6) is 0 Å². The molecule has 0 aromatic carbocycles. The molecule has 2 heteroatoms. The van der Waals surface area contributed by atoms with Gasteiger partial charge in [0.05, 0.1) is 0 Å². The molecule has 1 aromatic rings. The summed E-state index contributed by atoms with van der Waals surface area (Å²) in [5, 5.41) is 0. The first-order valence-electron chi connectivity index (χ1n) is 6.08. The van der Waals surface area contributed by atoms with Gasteiger partial charge in [0.15, 0.2) is 0 Å². The lowest BCUT2D eigenvalue weighted by atomic mass is 10.0. The average Bonchev–Trinajstić information content (AvgIpc) is 2.30. The van der Waals surface area contributed by atoms with Gasteiger partial charge in [-0.15, -0.1) is 6.58 Å². The number of hydrogen-bond acceptors (Lipinski definition) is 2. The first-order valence-corrected chi connectivity index (χ1v) is 6.08. The van der Waals surface area contributed by atoms with Crippen LogP contribution in [0.25, 0.3) is 0 Å². The zero-order valence-corrected chi connectivity index (χ0v) is 9.94. The van der Waals surface area contributed by atoms with Crippen molar-refractivity contribution in [1.82, 2.24) is 4.98 Å². The van der Waals surface area contributed by atoms with Gasteiger partial charge in [0, 0.05) is 18.4 Å². The van der Waals surface area contributed by atoms with Crippen molar-refractivity contribution in [2.75, 3.05) is 0 Å². The lowest BCUT2D eigenvalue weighted by Crippen LogP contribution is -2.22. The van der Waals surface area contributed by atoms with Gasteiger partial charge in [0.25, 0.3) is 0 Å². The molecule has 0 aliphatic rings. The molecule has 88 valence electrons. The Morgan fingerprint density at radius 1 is 1.38 bits per heavy atom. The molecule has 0 aliphatic heterocycles. The molecule has 0 spiro atoms. The molecule has 1 aromatic heterocycles. The zero-order chi connectivity index (χ0) is 11.6. The van der Waals surface area contributed by atoms with Crippen LogP contribution in [0.2, 0.25) is 0 Å². The highest BCUT2D eigenvalue weighted by molar-refractivity contribution is 5.09. The van der Waals surface area contributed by atoms with E-state index in [0.717, 1.165) is 19.3 Å². The standard InChI is InChI=1S/C14H22N2/c1-2-3-4-5-6-9-14(15)11-13-8-7-10-16-12-13/h2,7-8,10,12,14H,1,3-6,9,11,15H2. The van der Waals surface area contributed by atoms with E-state index in [9.17, 15) is 0 Å². The van der Waals surface area contributed by atoms with Crippen molar-refractivity contribution in [2.24, 2.45) is 5.73 Å². The Balaban J connectivity index is 2.11. The fourth-order valence-electron chi connectivity index (χ4n) is 1.80. The van der Waals surface area contributed by atoms with Crippen LogP contribution in [0.4, 0.5) is 0 Å². The molecule has 0 bridgehead atoms. The van der Waals surface area contributed by atoms with E-state index in [1.165, 1.54) is 24.8 Å². The van der Waals surface area contributed by atoms with Gasteiger partial charge >= 0.3 is 0 Å². The van der Waals surface area contributed by atoms with Crippen LogP contribution in [-0.2, 0) is 6.42 Å². The Hall–Kier alpha value is -1.15. The summed E-state index contributed by atoms with van der Waals surface area (Å²) >= 11 is 0. The molecule has 1 atom stereocenters. The molecule has 0 saturated carbocycles. The maximum atomic E-state index is 6.07. The van der Waals surface area contributed by atoms with Crippen molar-refractivity contribution >= 4 is 0 Å². The maximum Gasteiger partial charge on any atom is 0.0300 e. The number of rotatable bonds is 8. The van der Waals surface area contributed by atoms with E-state index in [-0.39, 0.29) is 6.04 Å². The van der Waals surface area contributed by atoms with Gasteiger partial charge in [-0.1, -0.05) is 25.0 Å². The highest BCUT2D eigenvalue weighted by Gasteiger charge is 2.03. The second kappa shape index (κ2) is 8.05. The van der Waals surface area contributed by atoms with E-state index in [1.807, 2.05) is 18.3 Å². The minimum atomic E-state index is 0.271. The lowest BCUT2D eigenvalue weighted by molar-refractivity contribution is 0.550. The largest absolute Gasteiger partial charge is 0.327 e. The van der Waals surface area contributed by atoms with Crippen LogP contribution in [0.1, 0.15) is 37.7 Å². The minimum Gasteiger partial charge on any atom is -0.327 e. The van der Waals surface area contributed by atoms with E-state index < -0.39 is 0 Å². The Bertz CT molecular complexity index is 282. The molecule has 1 unspecified atom stereocenters. The molecule has 16 heavy (non-hydrogen) atoms. The number of pyridine rings is 1. The van der Waals surface area contributed by atoms with Crippen molar-refractivity contribution in [1.29, 1.82) is 0 Å². The summed E-state index contributed by atoms with van der Waals surface area (Å²) in [6.45, 7) is 3.72. The Morgan fingerprint density at radius 3 is 2.94 bits per heavy atom. The topological polar surface area (TPSA) is 38.9 Å². The fourth-order valence-corrected chi connectivity index (χ4v) is 1.80. The second-order valence-electron chi connectivity index (χ2n) is 4.25. The van der Waals surface area contributed by atoms with E-state index in [2.05, 4.69) is 17.6 Å². The molecule has 2 N–H and O–H groups in total. The number of unbranched alkanes of at least 4 members (excludes halogenated alkanes) is 3. The van der Waals surface area contributed by atoms with Crippen LogP contribution < -0.4 is 5.73 Å². The molecule has 1 heterocycles. The van der Waals surface area contributed by atoms with Crippen LogP contribution in [0.3, 0.4) is 0 Å². The van der Waals surface area contributed by atoms with E-state index >= 15 is 0 Å². The summed E-state index contributed by atoms with van der Waals surface area (Å²) in [5.41, 5.74) is 7.31. The number of allylic oxidation sites excluding steroid dienone is 1. The quantitative estimate of drug-likeness (QED) is 0.538. The van der Waals surface area contributed by atoms with Crippen LogP contribution >= 0.6 is 0 Å². The smallest absolute Gasteiger partial charge is 0.0300 e. The maximum absolute atomic E-state index is 6.07. The molecule has 2 nitrogen and oxygen atoms in total. The highest BCUT2D eigenvalue weighted by Crippen LogP contribution is 2.08. The summed E-state index contributed by atoms with van der Waals surface area (Å²) < 4.78 is 0. The molecule has 0 saturated heterocycles. The van der Waals surface area contributed by atoms with Crippen LogP contribution in [0, 0.1) is 0 Å². The lowest BCUT2D eigenvalue weighted by Gasteiger charge is -2.10. The van der Waals surface area contributed by atoms with Crippen molar-refractivity contribution in [3.8, 4) is 0 Å². The summed E-state index contributed by atoms with van der Waals surface area (Å²) in [7, 11) is 0. The van der Waals surface area contributed by atoms with Gasteiger partial charge in [-0.3, -0.25) is 4.98 Å². The fraction of sp³-hybridized carbons (Fsp3) is 0.500. The number of nitrogens with zero attached hydrogens (tertiary/aromatic N) is 1. The van der Waals surface area contributed by atoms with Gasteiger partial charge in [-0.05, 0) is 37.3 Å². The SMILES string of the molecule is C=CCCCCCC(N)Cc1cccnc1. The Labute approximate surface area is 98.6 Å². The number of hydrogen-bond donors (Lipinski definition) is 1. The number of aromatic nitrogens is 1. The average molecular weight is 218 g/mol. The third-order valence-electron chi connectivity index (χ3n) is 2.70. The Morgan fingerprint density at radius 2 is 2.25 bits per heavy atom. The van der Waals surface area contributed by atoms with Gasteiger partial charge in [-0.2, -0.15) is 0 Å². The first-order chi connectivity index (χ1) is 7.83. The van der Waals surface area contributed by atoms with Crippen molar-refractivity contribution < 1.29 is 0 Å². The third-order valence-corrected chi connectivity index (χ3v) is 2.70. The predicted molar refractivity (Wildman–Crippen MR) is 69.2 cm³/mol. The van der Waals surface area contributed by atoms with Crippen molar-refractivity contribution in [2.45, 2.75) is 44.6 Å². The first kappa shape index (κ1) is 12.9. The summed E-state index contributed by atoms with van der Waals surface area (Å²) in [4.78, 5) is 4.09. The van der Waals surface area contributed by atoms with E-state index in [1.54, 1.807) is 6.20 Å². The van der Waals surface area contributed by atoms with Crippen molar-refractivity contribution in [3.05, 3.63) is 42.7 Å². The number of nitrogens with two attached hydrogens (primary N) is 1. The van der Waals surface area contributed by atoms with Crippen molar-refractivity contribution in [3.63, 3.8) is 0 Å². The van der Waals surface area contributed by atoms with Crippen LogP contribution in [-0.4, -0.2) is 11.0 Å². The molecule has 1 rings (SSSR count). The van der Waals surface area contributed by atoms with Gasteiger partial charge in [-0.25, -0.2) is 0 Å². The molecule has 0 radical (unpaired) electrons. The van der Waals surface area contributed by atoms with E-state index in [4.69, 9.17) is 5.73 Å². The van der Waals surface area contributed by atoms with Gasteiger partial charge < -0.3 is 5.73 Å². The third kappa shape index (κ3) is 5.66. The van der Waals surface area contributed by atoms with Gasteiger partial charge in [0.2, 0.25) is 0 Å². The summed E-state index contributed by atoms with van der Waals surface area (Å²) in [5.74, 6) is 0. The Kier molecular flexibility index (Phi) is 6.50. The normalized spacial score (nSPS) is 12.3. The summed E-state index contributed by atoms with van der Waals surface area (Å²) in [6.07, 6.45) is 12.6. The summed E-state index contributed by atoms with van der Waals surface area (Å²) in [6, 6.07) is 4.32. The monoisotopic (exact) mass is 218 g/mol. The second-order valence-corrected chi connectivity index (χ2v) is 4.25. The van der Waals surface area contributed by atoms with E-state index in [0.29, 0.717) is 0 Å². The molecule has 0 fully saturated rings. The highest BCUT2D eigenvalue weighted by atomic mass is 14.6. The van der Waals surface area contributed by atoms with Crippen LogP contribution in [0.15, 0.2) is 37.2 Å². The molecule has 0 aliphatic carbocycles. The molecule has 0 amide bonds. The predicted octanol–water partition coefficient (Wildman–Crippen LogP) is 3.09. The molecular formula is C14H22N2. The van der Waals surface area contributed by atoms with Gasteiger partial charge in [0.1, 0.15) is 0 Å².